The number of ether oxygens (including phenoxy) is 2. The minimum Gasteiger partial charge on any atom is -0.480 e. The molecule has 9 heteroatoms. The molecule has 0 spiro atoms. The van der Waals surface area contributed by atoms with Gasteiger partial charge in [-0.2, -0.15) is 4.98 Å². The molecule has 2 aromatic rings. The molecule has 7 nitrogen and oxygen atoms in total. The number of hydrogen-bond acceptors (Lipinski definition) is 6. The predicted molar refractivity (Wildman–Crippen MR) is 77.2 cm³/mol. The predicted octanol–water partition coefficient (Wildman–Crippen LogP) is 3.71. The summed E-state index contributed by atoms with van der Waals surface area (Å²) in [5.41, 5.74) is -0.190. The quantitative estimate of drug-likeness (QED) is 0.570. The summed E-state index contributed by atoms with van der Waals surface area (Å²) < 4.78 is 11.5. The largest absolute Gasteiger partial charge is 0.480 e. The maximum absolute atomic E-state index is 11.0. The Balaban J connectivity index is 2.37. The SMILES string of the molecule is COc1nc(Oc2ccc(Br)cc2[N+](=O)[O-])ncc1Br. The highest BCUT2D eigenvalue weighted by molar-refractivity contribution is 9.10. The van der Waals surface area contributed by atoms with Gasteiger partial charge in [-0.05, 0) is 28.1 Å². The second-order valence-electron chi connectivity index (χ2n) is 3.48. The third kappa shape index (κ3) is 3.23. The van der Waals surface area contributed by atoms with Crippen molar-refractivity contribution in [1.29, 1.82) is 0 Å². The Kier molecular flexibility index (Phi) is 4.50. The van der Waals surface area contributed by atoms with Gasteiger partial charge >= 0.3 is 11.7 Å². The molecule has 0 atom stereocenters. The second kappa shape index (κ2) is 6.14. The van der Waals surface area contributed by atoms with E-state index in [9.17, 15) is 10.1 Å². The van der Waals surface area contributed by atoms with E-state index in [-0.39, 0.29) is 23.3 Å². The molecule has 0 amide bonds. The third-order valence-corrected chi connectivity index (χ3v) is 3.24. The maximum Gasteiger partial charge on any atom is 0.325 e. The molecule has 0 fully saturated rings. The first kappa shape index (κ1) is 14.7. The molecule has 0 aliphatic carbocycles. The molecule has 0 aliphatic heterocycles. The van der Waals surface area contributed by atoms with Gasteiger partial charge in [-0.3, -0.25) is 10.1 Å². The molecule has 0 radical (unpaired) electrons. The molecule has 0 saturated heterocycles. The van der Waals surface area contributed by atoms with Crippen LogP contribution in [0.1, 0.15) is 0 Å². The Morgan fingerprint density at radius 3 is 2.75 bits per heavy atom. The van der Waals surface area contributed by atoms with Crippen LogP contribution in [0.15, 0.2) is 33.3 Å². The second-order valence-corrected chi connectivity index (χ2v) is 5.25. The van der Waals surface area contributed by atoms with Crippen LogP contribution in [0.25, 0.3) is 0 Å². The number of halogens is 2. The van der Waals surface area contributed by atoms with Gasteiger partial charge in [0.1, 0.15) is 0 Å². The Labute approximate surface area is 130 Å². The Morgan fingerprint density at radius 1 is 1.35 bits per heavy atom. The smallest absolute Gasteiger partial charge is 0.325 e. The van der Waals surface area contributed by atoms with Crippen molar-refractivity contribution in [2.24, 2.45) is 0 Å². The molecule has 0 saturated carbocycles. The highest BCUT2D eigenvalue weighted by Gasteiger charge is 2.18. The van der Waals surface area contributed by atoms with E-state index in [1.165, 1.54) is 25.4 Å². The summed E-state index contributed by atoms with van der Waals surface area (Å²) in [5.74, 6) is 0.317. The van der Waals surface area contributed by atoms with Gasteiger partial charge in [0.25, 0.3) is 0 Å². The number of aromatic nitrogens is 2. The summed E-state index contributed by atoms with van der Waals surface area (Å²) >= 11 is 6.37. The van der Waals surface area contributed by atoms with Crippen LogP contribution in [0.3, 0.4) is 0 Å². The fraction of sp³-hybridized carbons (Fsp3) is 0.0909. The van der Waals surface area contributed by atoms with Crippen molar-refractivity contribution in [3.63, 3.8) is 0 Å². The van der Waals surface area contributed by atoms with Gasteiger partial charge in [-0.15, -0.1) is 0 Å². The lowest BCUT2D eigenvalue weighted by Crippen LogP contribution is -1.98. The third-order valence-electron chi connectivity index (χ3n) is 2.20. The molecule has 1 aromatic heterocycles. The first-order valence-corrected chi connectivity index (χ1v) is 6.78. The topological polar surface area (TPSA) is 87.4 Å². The molecule has 0 bridgehead atoms. The highest BCUT2D eigenvalue weighted by atomic mass is 79.9. The molecule has 1 aromatic carbocycles. The first-order chi connectivity index (χ1) is 9.51. The molecule has 1 heterocycles. The average Bonchev–Trinajstić information content (AvgIpc) is 2.42. The molecular formula is C11H7Br2N3O4. The minimum atomic E-state index is -0.545. The van der Waals surface area contributed by atoms with Crippen LogP contribution in [0.2, 0.25) is 0 Å². The minimum absolute atomic E-state index is 0.0441. The lowest BCUT2D eigenvalue weighted by molar-refractivity contribution is -0.385. The van der Waals surface area contributed by atoms with Gasteiger partial charge in [0.05, 0.1) is 22.7 Å². The van der Waals surface area contributed by atoms with Crippen molar-refractivity contribution in [2.45, 2.75) is 0 Å². The zero-order valence-corrected chi connectivity index (χ0v) is 13.2. The van der Waals surface area contributed by atoms with E-state index in [4.69, 9.17) is 9.47 Å². The number of methoxy groups -OCH3 is 1. The number of nitro benzene ring substituents is 1. The van der Waals surface area contributed by atoms with Gasteiger partial charge in [-0.1, -0.05) is 15.9 Å². The van der Waals surface area contributed by atoms with Crippen LogP contribution < -0.4 is 9.47 Å². The van der Waals surface area contributed by atoms with Gasteiger partial charge in [0, 0.05) is 10.5 Å². The summed E-state index contributed by atoms with van der Waals surface area (Å²) in [5, 5.41) is 11.0. The molecular weight excluding hydrogens is 398 g/mol. The summed E-state index contributed by atoms with van der Waals surface area (Å²) in [4.78, 5) is 18.3. The van der Waals surface area contributed by atoms with Crippen molar-refractivity contribution >= 4 is 37.5 Å². The monoisotopic (exact) mass is 403 g/mol. The fourth-order valence-electron chi connectivity index (χ4n) is 1.35. The van der Waals surface area contributed by atoms with E-state index >= 15 is 0 Å². The number of nitrogens with zero attached hydrogens (tertiary/aromatic N) is 3. The number of hydrogen-bond donors (Lipinski definition) is 0. The van der Waals surface area contributed by atoms with Crippen molar-refractivity contribution in [2.75, 3.05) is 7.11 Å². The summed E-state index contributed by atoms with van der Waals surface area (Å²) in [7, 11) is 1.44. The molecule has 0 unspecified atom stereocenters. The average molecular weight is 405 g/mol. The summed E-state index contributed by atoms with van der Waals surface area (Å²) in [6.45, 7) is 0. The zero-order chi connectivity index (χ0) is 14.7. The van der Waals surface area contributed by atoms with Crippen molar-refractivity contribution in [3.8, 4) is 17.6 Å². The summed E-state index contributed by atoms with van der Waals surface area (Å²) in [6.07, 6.45) is 1.44. The molecule has 104 valence electrons. The maximum atomic E-state index is 11.0. The van der Waals surface area contributed by atoms with E-state index in [0.29, 0.717) is 8.95 Å². The van der Waals surface area contributed by atoms with Crippen LogP contribution in [0, 0.1) is 10.1 Å². The van der Waals surface area contributed by atoms with Crippen LogP contribution in [-0.4, -0.2) is 22.0 Å². The Bertz CT molecular complexity index is 666. The van der Waals surface area contributed by atoms with E-state index in [1.807, 2.05) is 0 Å². The Morgan fingerprint density at radius 2 is 2.10 bits per heavy atom. The number of rotatable bonds is 4. The number of nitro groups is 1. The zero-order valence-electron chi connectivity index (χ0n) is 10.0. The number of benzene rings is 1. The lowest BCUT2D eigenvalue weighted by Gasteiger charge is -2.06. The molecule has 2 rings (SSSR count). The van der Waals surface area contributed by atoms with E-state index in [0.717, 1.165) is 0 Å². The fourth-order valence-corrected chi connectivity index (χ4v) is 2.05. The van der Waals surface area contributed by atoms with E-state index < -0.39 is 4.92 Å². The van der Waals surface area contributed by atoms with Gasteiger partial charge in [0.2, 0.25) is 11.6 Å². The van der Waals surface area contributed by atoms with E-state index in [1.54, 1.807) is 6.07 Å². The van der Waals surface area contributed by atoms with Crippen LogP contribution in [-0.2, 0) is 0 Å². The normalized spacial score (nSPS) is 10.2. The van der Waals surface area contributed by atoms with Gasteiger partial charge in [-0.25, -0.2) is 4.98 Å². The summed E-state index contributed by atoms with van der Waals surface area (Å²) in [6, 6.07) is 4.37. The Hall–Kier alpha value is -1.74. The van der Waals surface area contributed by atoms with Crippen molar-refractivity contribution in [3.05, 3.63) is 43.5 Å². The van der Waals surface area contributed by atoms with Crippen molar-refractivity contribution in [1.82, 2.24) is 9.97 Å². The standard InChI is InChI=1S/C11H7Br2N3O4/c1-19-10-7(13)5-14-11(15-10)20-9-3-2-6(12)4-8(9)16(17)18/h2-5H,1H3. The van der Waals surface area contributed by atoms with Crippen LogP contribution in [0.5, 0.6) is 17.6 Å². The van der Waals surface area contributed by atoms with Crippen molar-refractivity contribution < 1.29 is 14.4 Å². The van der Waals surface area contributed by atoms with Gasteiger partial charge in [0.15, 0.2) is 0 Å². The van der Waals surface area contributed by atoms with Crippen LogP contribution in [0.4, 0.5) is 5.69 Å². The molecule has 0 N–H and O–H groups in total. The van der Waals surface area contributed by atoms with Gasteiger partial charge < -0.3 is 9.47 Å². The molecule has 20 heavy (non-hydrogen) atoms. The lowest BCUT2D eigenvalue weighted by atomic mass is 10.3. The highest BCUT2D eigenvalue weighted by Crippen LogP contribution is 2.33. The first-order valence-electron chi connectivity index (χ1n) is 5.19. The molecule has 0 aliphatic rings. The van der Waals surface area contributed by atoms with E-state index in [2.05, 4.69) is 41.8 Å². The van der Waals surface area contributed by atoms with Crippen LogP contribution >= 0.6 is 31.9 Å².